The van der Waals surface area contributed by atoms with Gasteiger partial charge in [-0.1, -0.05) is 12.1 Å². The molecule has 0 bridgehead atoms. The topological polar surface area (TPSA) is 62.2 Å². The van der Waals surface area contributed by atoms with Crippen molar-refractivity contribution in [2.45, 2.75) is 20.8 Å². The van der Waals surface area contributed by atoms with Crippen molar-refractivity contribution >= 4 is 28.1 Å². The maximum atomic E-state index is 10.9. The molecule has 2 aromatic rings. The Bertz CT molecular complexity index is 605. The van der Waals surface area contributed by atoms with E-state index in [-0.39, 0.29) is 5.69 Å². The van der Waals surface area contributed by atoms with Gasteiger partial charge in [0.1, 0.15) is 0 Å². The molecule has 18 heavy (non-hydrogen) atoms. The van der Waals surface area contributed by atoms with Gasteiger partial charge < -0.3 is 10.4 Å². The lowest BCUT2D eigenvalue weighted by Gasteiger charge is -2.07. The molecule has 0 unspecified atom stereocenters. The van der Waals surface area contributed by atoms with E-state index in [1.807, 2.05) is 32.0 Å². The Labute approximate surface area is 109 Å². The first kappa shape index (κ1) is 12.6. The Hall–Kier alpha value is -1.88. The molecule has 1 aromatic heterocycles. The predicted molar refractivity (Wildman–Crippen MR) is 73.0 cm³/mol. The van der Waals surface area contributed by atoms with Gasteiger partial charge in [0.05, 0.1) is 0 Å². The number of rotatable bonds is 3. The molecule has 0 amide bonds. The van der Waals surface area contributed by atoms with Crippen molar-refractivity contribution in [1.82, 2.24) is 4.98 Å². The van der Waals surface area contributed by atoms with Crippen LogP contribution in [0.25, 0.3) is 0 Å². The number of anilines is 2. The number of hydrogen-bond donors (Lipinski definition) is 2. The summed E-state index contributed by atoms with van der Waals surface area (Å²) < 4.78 is 0. The fraction of sp³-hybridized carbons (Fsp3) is 0.231. The van der Waals surface area contributed by atoms with Crippen molar-refractivity contribution in [2.75, 3.05) is 5.32 Å². The normalized spacial score (nSPS) is 10.4. The molecule has 0 aliphatic carbocycles. The second-order valence-electron chi connectivity index (χ2n) is 4.17. The van der Waals surface area contributed by atoms with Crippen LogP contribution in [-0.4, -0.2) is 16.1 Å². The quantitative estimate of drug-likeness (QED) is 0.888. The summed E-state index contributed by atoms with van der Waals surface area (Å²) >= 11 is 1.35. The summed E-state index contributed by atoms with van der Waals surface area (Å²) in [6.45, 7) is 5.77. The molecule has 5 heteroatoms. The van der Waals surface area contributed by atoms with Crippen molar-refractivity contribution in [3.63, 3.8) is 0 Å². The number of aromatic carboxylic acids is 1. The first-order valence-electron chi connectivity index (χ1n) is 5.52. The molecule has 2 N–H and O–H groups in total. The van der Waals surface area contributed by atoms with Crippen molar-refractivity contribution in [2.24, 2.45) is 0 Å². The highest BCUT2D eigenvalue weighted by atomic mass is 32.1. The number of aryl methyl sites for hydroxylation is 3. The molecule has 0 radical (unpaired) electrons. The highest BCUT2D eigenvalue weighted by Gasteiger charge is 2.14. The standard InChI is InChI=1S/C13H14N2O2S/c1-7-4-5-8(2)10(6-7)14-13-15-11(12(16)17)9(3)18-13/h4-6H,1-3H3,(H,14,15)(H,16,17). The summed E-state index contributed by atoms with van der Waals surface area (Å²) in [5, 5.41) is 12.7. The molecular weight excluding hydrogens is 248 g/mol. The van der Waals surface area contributed by atoms with Crippen LogP contribution >= 0.6 is 11.3 Å². The van der Waals surface area contributed by atoms with Crippen molar-refractivity contribution in [3.8, 4) is 0 Å². The van der Waals surface area contributed by atoms with E-state index in [0.717, 1.165) is 16.8 Å². The zero-order valence-electron chi connectivity index (χ0n) is 10.4. The van der Waals surface area contributed by atoms with Crippen LogP contribution in [0.5, 0.6) is 0 Å². The lowest BCUT2D eigenvalue weighted by atomic mass is 10.1. The predicted octanol–water partition coefficient (Wildman–Crippen LogP) is 3.51. The summed E-state index contributed by atoms with van der Waals surface area (Å²) in [5.74, 6) is -0.988. The molecule has 0 saturated heterocycles. The summed E-state index contributed by atoms with van der Waals surface area (Å²) in [6, 6.07) is 6.08. The maximum absolute atomic E-state index is 10.9. The van der Waals surface area contributed by atoms with Crippen molar-refractivity contribution in [1.29, 1.82) is 0 Å². The van der Waals surface area contributed by atoms with Crippen LogP contribution in [0.15, 0.2) is 18.2 Å². The van der Waals surface area contributed by atoms with Crippen LogP contribution in [0.2, 0.25) is 0 Å². The average Bonchev–Trinajstić information content (AvgIpc) is 2.65. The van der Waals surface area contributed by atoms with Crippen LogP contribution in [0.4, 0.5) is 10.8 Å². The van der Waals surface area contributed by atoms with Crippen LogP contribution in [-0.2, 0) is 0 Å². The summed E-state index contributed by atoms with van der Waals surface area (Å²) in [5.41, 5.74) is 3.33. The van der Waals surface area contributed by atoms with E-state index in [4.69, 9.17) is 5.11 Å². The van der Waals surface area contributed by atoms with Crippen LogP contribution in [0.1, 0.15) is 26.5 Å². The fourth-order valence-electron chi connectivity index (χ4n) is 1.63. The van der Waals surface area contributed by atoms with Crippen molar-refractivity contribution < 1.29 is 9.90 Å². The molecule has 4 nitrogen and oxygen atoms in total. The second kappa shape index (κ2) is 4.78. The van der Waals surface area contributed by atoms with Gasteiger partial charge in [-0.05, 0) is 38.0 Å². The number of carbonyl (C=O) groups is 1. The zero-order valence-corrected chi connectivity index (χ0v) is 11.3. The Morgan fingerprint density at radius 3 is 2.67 bits per heavy atom. The SMILES string of the molecule is Cc1ccc(C)c(Nc2nc(C(=O)O)c(C)s2)c1. The Morgan fingerprint density at radius 1 is 1.33 bits per heavy atom. The largest absolute Gasteiger partial charge is 0.476 e. The smallest absolute Gasteiger partial charge is 0.355 e. The third-order valence-electron chi connectivity index (χ3n) is 2.63. The molecule has 0 atom stereocenters. The van der Waals surface area contributed by atoms with Gasteiger partial charge in [0.25, 0.3) is 0 Å². The minimum atomic E-state index is -0.988. The number of hydrogen-bond acceptors (Lipinski definition) is 4. The number of aromatic nitrogens is 1. The number of benzene rings is 1. The summed E-state index contributed by atoms with van der Waals surface area (Å²) in [7, 11) is 0. The van der Waals surface area contributed by atoms with E-state index in [0.29, 0.717) is 10.0 Å². The highest BCUT2D eigenvalue weighted by molar-refractivity contribution is 7.15. The molecule has 0 aliphatic rings. The molecule has 0 aliphatic heterocycles. The highest BCUT2D eigenvalue weighted by Crippen LogP contribution is 2.27. The van der Waals surface area contributed by atoms with Crippen LogP contribution in [0, 0.1) is 20.8 Å². The first-order chi connectivity index (χ1) is 8.47. The van der Waals surface area contributed by atoms with Gasteiger partial charge in [-0.25, -0.2) is 9.78 Å². The molecule has 0 fully saturated rings. The van der Waals surface area contributed by atoms with Gasteiger partial charge in [-0.2, -0.15) is 0 Å². The van der Waals surface area contributed by atoms with Gasteiger partial charge in [-0.3, -0.25) is 0 Å². The van der Waals surface area contributed by atoms with Gasteiger partial charge in [0.2, 0.25) is 0 Å². The second-order valence-corrected chi connectivity index (χ2v) is 5.38. The monoisotopic (exact) mass is 262 g/mol. The van der Waals surface area contributed by atoms with E-state index in [2.05, 4.69) is 10.3 Å². The van der Waals surface area contributed by atoms with Crippen LogP contribution < -0.4 is 5.32 Å². The molecule has 2 rings (SSSR count). The summed E-state index contributed by atoms with van der Waals surface area (Å²) in [4.78, 5) is 15.7. The number of nitrogens with zero attached hydrogens (tertiary/aromatic N) is 1. The molecule has 0 spiro atoms. The van der Waals surface area contributed by atoms with E-state index in [9.17, 15) is 4.79 Å². The molecule has 0 saturated carbocycles. The van der Waals surface area contributed by atoms with Gasteiger partial charge in [0.15, 0.2) is 10.8 Å². The van der Waals surface area contributed by atoms with Crippen molar-refractivity contribution in [3.05, 3.63) is 39.9 Å². The lowest BCUT2D eigenvalue weighted by molar-refractivity contribution is 0.0690. The van der Waals surface area contributed by atoms with E-state index < -0.39 is 5.97 Å². The minimum absolute atomic E-state index is 0.118. The Morgan fingerprint density at radius 2 is 2.06 bits per heavy atom. The maximum Gasteiger partial charge on any atom is 0.355 e. The zero-order chi connectivity index (χ0) is 13.3. The number of nitrogens with one attached hydrogen (secondary N) is 1. The number of carboxylic acid groups (broad SMARTS) is 1. The molecular formula is C13H14N2O2S. The Kier molecular flexibility index (Phi) is 3.34. The molecule has 1 heterocycles. The van der Waals surface area contributed by atoms with Gasteiger partial charge in [0, 0.05) is 10.6 Å². The first-order valence-corrected chi connectivity index (χ1v) is 6.34. The molecule has 1 aromatic carbocycles. The van der Waals surface area contributed by atoms with Gasteiger partial charge in [-0.15, -0.1) is 11.3 Å². The van der Waals surface area contributed by atoms with Gasteiger partial charge >= 0.3 is 5.97 Å². The fourth-order valence-corrected chi connectivity index (χ4v) is 2.45. The average molecular weight is 262 g/mol. The van der Waals surface area contributed by atoms with E-state index in [1.165, 1.54) is 11.3 Å². The van der Waals surface area contributed by atoms with E-state index >= 15 is 0 Å². The lowest BCUT2D eigenvalue weighted by Crippen LogP contribution is -1.99. The number of thiazole rings is 1. The van der Waals surface area contributed by atoms with E-state index in [1.54, 1.807) is 6.92 Å². The Balaban J connectivity index is 2.31. The third kappa shape index (κ3) is 2.51. The summed E-state index contributed by atoms with van der Waals surface area (Å²) in [6.07, 6.45) is 0. The van der Waals surface area contributed by atoms with Crippen LogP contribution in [0.3, 0.4) is 0 Å². The third-order valence-corrected chi connectivity index (χ3v) is 3.52. The minimum Gasteiger partial charge on any atom is -0.476 e. The number of carboxylic acids is 1. The molecule has 94 valence electrons.